The molecule has 0 bridgehead atoms. The molecule has 3 fully saturated rings. The largest absolute Gasteiger partial charge is 0.455 e. The molecule has 0 aromatic heterocycles. The van der Waals surface area contributed by atoms with Gasteiger partial charge in [0.15, 0.2) is 12.1 Å². The summed E-state index contributed by atoms with van der Waals surface area (Å²) in [4.78, 5) is 12.2. The van der Waals surface area contributed by atoms with Crippen LogP contribution in [0.25, 0.3) is 0 Å². The van der Waals surface area contributed by atoms with Crippen molar-refractivity contribution < 1.29 is 28.5 Å². The fourth-order valence-electron chi connectivity index (χ4n) is 3.47. The van der Waals surface area contributed by atoms with Crippen molar-refractivity contribution in [1.82, 2.24) is 0 Å². The molecule has 23 heavy (non-hydrogen) atoms. The summed E-state index contributed by atoms with van der Waals surface area (Å²) in [5.74, 6) is -1.05. The minimum absolute atomic E-state index is 0.295. The molecule has 124 valence electrons. The van der Waals surface area contributed by atoms with Crippen LogP contribution in [0.2, 0.25) is 0 Å². The Balaban J connectivity index is 1.49. The molecule has 5 atom stereocenters. The Labute approximate surface area is 134 Å². The van der Waals surface area contributed by atoms with Crippen LogP contribution in [-0.2, 0) is 23.7 Å². The van der Waals surface area contributed by atoms with Gasteiger partial charge in [0.25, 0.3) is 0 Å². The third kappa shape index (κ3) is 2.37. The summed E-state index contributed by atoms with van der Waals surface area (Å²) < 4.78 is 28.8. The van der Waals surface area contributed by atoms with Gasteiger partial charge in [-0.05, 0) is 26.0 Å². The number of hydrogen-bond acceptors (Lipinski definition) is 6. The predicted molar refractivity (Wildman–Crippen MR) is 78.7 cm³/mol. The molecule has 1 aromatic rings. The summed E-state index contributed by atoms with van der Waals surface area (Å²) in [6.45, 7) is 3.72. The molecule has 2 aliphatic heterocycles. The van der Waals surface area contributed by atoms with Gasteiger partial charge in [-0.1, -0.05) is 18.2 Å². The summed E-state index contributed by atoms with van der Waals surface area (Å²) in [5, 5.41) is 0. The van der Waals surface area contributed by atoms with Crippen LogP contribution in [0.15, 0.2) is 30.3 Å². The monoisotopic (exact) mass is 320 g/mol. The van der Waals surface area contributed by atoms with Crippen molar-refractivity contribution in [3.63, 3.8) is 0 Å². The van der Waals surface area contributed by atoms with Gasteiger partial charge < -0.3 is 23.7 Å². The third-order valence-corrected chi connectivity index (χ3v) is 4.59. The van der Waals surface area contributed by atoms with Gasteiger partial charge in [-0.15, -0.1) is 0 Å². The van der Waals surface area contributed by atoms with E-state index in [1.54, 1.807) is 31.4 Å². The number of benzene rings is 1. The van der Waals surface area contributed by atoms with E-state index in [2.05, 4.69) is 0 Å². The quantitative estimate of drug-likeness (QED) is 0.793. The Hall–Kier alpha value is -1.47. The maximum atomic E-state index is 12.2. The number of esters is 1. The van der Waals surface area contributed by atoms with E-state index in [-0.39, 0.29) is 24.3 Å². The number of rotatable bonds is 3. The Morgan fingerprint density at radius 1 is 1.17 bits per heavy atom. The maximum absolute atomic E-state index is 12.2. The number of methoxy groups -OCH3 is 1. The zero-order valence-corrected chi connectivity index (χ0v) is 13.4. The van der Waals surface area contributed by atoms with E-state index in [0.29, 0.717) is 12.0 Å². The highest BCUT2D eigenvalue weighted by molar-refractivity contribution is 5.89. The van der Waals surface area contributed by atoms with E-state index in [9.17, 15) is 4.79 Å². The summed E-state index contributed by atoms with van der Waals surface area (Å²) in [7, 11) is 1.57. The second-order valence-corrected chi connectivity index (χ2v) is 6.66. The minimum atomic E-state index is -0.695. The fourth-order valence-corrected chi connectivity index (χ4v) is 3.47. The average molecular weight is 320 g/mol. The molecule has 6 heteroatoms. The maximum Gasteiger partial charge on any atom is 0.338 e. The first kappa shape index (κ1) is 15.1. The molecule has 0 N–H and O–H groups in total. The summed E-state index contributed by atoms with van der Waals surface area (Å²) in [5.41, 5.74) is -0.139. The topological polar surface area (TPSA) is 63.2 Å². The van der Waals surface area contributed by atoms with Gasteiger partial charge in [0.05, 0.1) is 5.56 Å². The van der Waals surface area contributed by atoms with Crippen LogP contribution < -0.4 is 0 Å². The molecular formula is C17H20O6. The van der Waals surface area contributed by atoms with Gasteiger partial charge in [-0.3, -0.25) is 0 Å². The molecule has 2 saturated heterocycles. The molecule has 0 amide bonds. The lowest BCUT2D eigenvalue weighted by Gasteiger charge is -2.23. The number of fused-ring (bicyclic) bond motifs is 2. The molecular weight excluding hydrogens is 300 g/mol. The first-order valence-corrected chi connectivity index (χ1v) is 7.77. The van der Waals surface area contributed by atoms with Crippen molar-refractivity contribution >= 4 is 5.97 Å². The summed E-state index contributed by atoms with van der Waals surface area (Å²) in [6, 6.07) is 8.92. The lowest BCUT2D eigenvalue weighted by molar-refractivity contribution is -0.236. The highest BCUT2D eigenvalue weighted by Gasteiger charge is 2.75. The molecule has 6 nitrogen and oxygen atoms in total. The number of hydrogen-bond donors (Lipinski definition) is 0. The lowest BCUT2D eigenvalue weighted by Crippen LogP contribution is -2.35. The van der Waals surface area contributed by atoms with E-state index >= 15 is 0 Å². The number of carbonyl (C=O) groups is 1. The first-order valence-electron chi connectivity index (χ1n) is 7.77. The summed E-state index contributed by atoms with van der Waals surface area (Å²) >= 11 is 0. The Morgan fingerprint density at radius 3 is 2.61 bits per heavy atom. The van der Waals surface area contributed by atoms with Crippen molar-refractivity contribution in [3.05, 3.63) is 35.9 Å². The van der Waals surface area contributed by atoms with E-state index in [1.165, 1.54) is 0 Å². The standard InChI is InChI=1S/C17H20O6/c1-16(2)21-12-13(22-16)17(23-15(12)19-3)9-11(17)20-14(18)10-7-5-4-6-8-10/h4-8,11-13,15H,9H2,1-3H3/t11-,12?,13+,15+,17+/m0/s1. The van der Waals surface area contributed by atoms with Crippen LogP contribution in [0.5, 0.6) is 0 Å². The van der Waals surface area contributed by atoms with E-state index in [1.807, 2.05) is 19.9 Å². The Morgan fingerprint density at radius 2 is 1.91 bits per heavy atom. The molecule has 1 aliphatic carbocycles. The predicted octanol–water partition coefficient (Wildman–Crippen LogP) is 1.88. The van der Waals surface area contributed by atoms with Crippen LogP contribution in [0.4, 0.5) is 0 Å². The highest BCUT2D eigenvalue weighted by atomic mass is 16.8. The van der Waals surface area contributed by atoms with Gasteiger partial charge in [0.2, 0.25) is 0 Å². The summed E-state index contributed by atoms with van der Waals surface area (Å²) in [6.07, 6.45) is -0.875. The fraction of sp³-hybridized carbons (Fsp3) is 0.588. The second-order valence-electron chi connectivity index (χ2n) is 6.66. The Bertz CT molecular complexity index is 615. The third-order valence-electron chi connectivity index (χ3n) is 4.59. The van der Waals surface area contributed by atoms with Crippen molar-refractivity contribution in [2.45, 2.75) is 56.3 Å². The van der Waals surface area contributed by atoms with Crippen molar-refractivity contribution in [2.24, 2.45) is 0 Å². The number of ether oxygens (including phenoxy) is 5. The average Bonchev–Trinajstić information content (AvgIpc) is 3.00. The van der Waals surface area contributed by atoms with Crippen LogP contribution in [0.3, 0.4) is 0 Å². The van der Waals surface area contributed by atoms with Crippen molar-refractivity contribution in [1.29, 1.82) is 0 Å². The second kappa shape index (κ2) is 5.01. The van der Waals surface area contributed by atoms with Gasteiger partial charge >= 0.3 is 5.97 Å². The van der Waals surface area contributed by atoms with Gasteiger partial charge in [-0.25, -0.2) is 4.79 Å². The molecule has 1 spiro atoms. The van der Waals surface area contributed by atoms with Crippen LogP contribution >= 0.6 is 0 Å². The molecule has 4 rings (SSSR count). The molecule has 0 radical (unpaired) electrons. The normalized spacial score (nSPS) is 40.1. The minimum Gasteiger partial charge on any atom is -0.455 e. The van der Waals surface area contributed by atoms with Crippen LogP contribution in [-0.4, -0.2) is 49.1 Å². The van der Waals surface area contributed by atoms with E-state index in [0.717, 1.165) is 0 Å². The van der Waals surface area contributed by atoms with Gasteiger partial charge in [0.1, 0.15) is 23.9 Å². The van der Waals surface area contributed by atoms with Crippen LogP contribution in [0, 0.1) is 0 Å². The van der Waals surface area contributed by atoms with E-state index < -0.39 is 17.7 Å². The zero-order valence-electron chi connectivity index (χ0n) is 13.4. The van der Waals surface area contributed by atoms with E-state index in [4.69, 9.17) is 23.7 Å². The zero-order chi connectivity index (χ0) is 16.2. The molecule has 2 heterocycles. The van der Waals surface area contributed by atoms with Crippen molar-refractivity contribution in [3.8, 4) is 0 Å². The SMILES string of the molecule is CO[C@@H]1O[C@@]2(C[C@@H]2OC(=O)c2ccccc2)[C@@H]2OC(C)(C)OC12. The van der Waals surface area contributed by atoms with Crippen molar-refractivity contribution in [2.75, 3.05) is 7.11 Å². The Kier molecular flexibility index (Phi) is 3.29. The molecule has 3 aliphatic rings. The number of carbonyl (C=O) groups excluding carboxylic acids is 1. The molecule has 1 unspecified atom stereocenters. The highest BCUT2D eigenvalue weighted by Crippen LogP contribution is 2.57. The lowest BCUT2D eigenvalue weighted by atomic mass is 10.1. The van der Waals surface area contributed by atoms with Gasteiger partial charge in [-0.2, -0.15) is 0 Å². The smallest absolute Gasteiger partial charge is 0.338 e. The van der Waals surface area contributed by atoms with Gasteiger partial charge in [0, 0.05) is 13.5 Å². The first-order chi connectivity index (χ1) is 11.0. The molecule has 1 saturated carbocycles. The molecule has 1 aromatic carbocycles. The van der Waals surface area contributed by atoms with Crippen LogP contribution in [0.1, 0.15) is 30.6 Å².